The molecule has 1 atom stereocenters. The van der Waals surface area contributed by atoms with Gasteiger partial charge in [-0.25, -0.2) is 14.5 Å². The lowest BCUT2D eigenvalue weighted by molar-refractivity contribution is -0.136. The van der Waals surface area contributed by atoms with Gasteiger partial charge in [0.05, 0.1) is 36.5 Å². The molecule has 2 N–H and O–H groups in total. The van der Waals surface area contributed by atoms with Gasteiger partial charge >= 0.3 is 0 Å². The fourth-order valence-electron chi connectivity index (χ4n) is 5.04. The predicted octanol–water partition coefficient (Wildman–Crippen LogP) is 2.97. The number of aromatic nitrogens is 4. The molecule has 5 rings (SSSR count). The number of aliphatic hydroxyl groups excluding tert-OH is 1. The molecule has 11 heteroatoms. The van der Waals surface area contributed by atoms with Crippen molar-refractivity contribution in [3.63, 3.8) is 0 Å². The van der Waals surface area contributed by atoms with Crippen LogP contribution in [0.25, 0.3) is 15.7 Å². The van der Waals surface area contributed by atoms with Crippen LogP contribution < -0.4 is 10.1 Å². The number of carbonyl (C=O) groups is 1. The minimum atomic E-state index is -0.0831. The maximum atomic E-state index is 13.4. The number of hydrogen-bond acceptors (Lipinski definition) is 9. The molecule has 0 saturated heterocycles. The molecule has 0 spiro atoms. The van der Waals surface area contributed by atoms with Gasteiger partial charge in [0.1, 0.15) is 17.0 Å². The average Bonchev–Trinajstić information content (AvgIpc) is 3.50. The number of hydrogen-bond donors (Lipinski definition) is 2. The maximum Gasteiger partial charge on any atom is 0.226 e. The van der Waals surface area contributed by atoms with Crippen molar-refractivity contribution in [3.8, 4) is 5.75 Å². The summed E-state index contributed by atoms with van der Waals surface area (Å²) in [6, 6.07) is 3.92. The second-order valence-corrected chi connectivity index (χ2v) is 10.7. The molecule has 0 fully saturated rings. The number of thiophene rings is 1. The fourth-order valence-corrected chi connectivity index (χ4v) is 6.31. The van der Waals surface area contributed by atoms with Gasteiger partial charge < -0.3 is 25.0 Å². The van der Waals surface area contributed by atoms with Crippen LogP contribution in [0.15, 0.2) is 30.9 Å². The molecule has 4 aromatic rings. The number of ether oxygens (including phenoxy) is 1. The number of pyridine rings is 1. The Kier molecular flexibility index (Phi) is 7.54. The minimum absolute atomic E-state index is 0.0201. The van der Waals surface area contributed by atoms with E-state index in [0.717, 1.165) is 53.0 Å². The molecule has 0 bridgehead atoms. The summed E-state index contributed by atoms with van der Waals surface area (Å²) in [5.74, 6) is 1.45. The van der Waals surface area contributed by atoms with Crippen molar-refractivity contribution >= 4 is 44.5 Å². The van der Waals surface area contributed by atoms with Crippen LogP contribution >= 0.6 is 11.3 Å². The summed E-state index contributed by atoms with van der Waals surface area (Å²) >= 11 is 1.64. The summed E-state index contributed by atoms with van der Waals surface area (Å²) in [4.78, 5) is 28.6. The third kappa shape index (κ3) is 5.25. The van der Waals surface area contributed by atoms with E-state index < -0.39 is 0 Å². The van der Waals surface area contributed by atoms with Gasteiger partial charge in [-0.05, 0) is 64.0 Å². The molecule has 37 heavy (non-hydrogen) atoms. The number of aliphatic hydroxyl groups is 1. The van der Waals surface area contributed by atoms with Crippen LogP contribution in [0.4, 0.5) is 11.5 Å². The molecule has 1 aliphatic carbocycles. The van der Waals surface area contributed by atoms with Gasteiger partial charge in [-0.3, -0.25) is 4.79 Å². The molecule has 10 nitrogen and oxygen atoms in total. The lowest BCUT2D eigenvalue weighted by Crippen LogP contribution is -2.41. The zero-order valence-corrected chi connectivity index (χ0v) is 22.3. The van der Waals surface area contributed by atoms with E-state index >= 15 is 0 Å². The summed E-state index contributed by atoms with van der Waals surface area (Å²) in [5, 5.41) is 18.3. The number of fused-ring (bicyclic) bond motifs is 4. The van der Waals surface area contributed by atoms with E-state index in [2.05, 4.69) is 25.3 Å². The molecule has 0 saturated carbocycles. The second kappa shape index (κ2) is 11.0. The lowest BCUT2D eigenvalue weighted by atomic mass is 9.86. The molecule has 0 aromatic carbocycles. The topological polar surface area (TPSA) is 108 Å². The Labute approximate surface area is 219 Å². The number of amides is 1. The highest BCUT2D eigenvalue weighted by Crippen LogP contribution is 2.41. The molecule has 1 amide bonds. The first-order valence-electron chi connectivity index (χ1n) is 12.6. The van der Waals surface area contributed by atoms with Crippen LogP contribution in [0.5, 0.6) is 5.75 Å². The molecule has 0 aliphatic heterocycles. The van der Waals surface area contributed by atoms with Gasteiger partial charge in [-0.15, -0.1) is 11.3 Å². The van der Waals surface area contributed by atoms with Crippen molar-refractivity contribution < 1.29 is 14.6 Å². The Hall–Kier alpha value is -3.28. The highest BCUT2D eigenvalue weighted by atomic mass is 32.1. The van der Waals surface area contributed by atoms with E-state index in [1.165, 1.54) is 10.4 Å². The fraction of sp³-hybridized carbons (Fsp3) is 0.462. The number of nitrogens with one attached hydrogen (secondary N) is 1. The zero-order valence-electron chi connectivity index (χ0n) is 21.5. The molecule has 0 radical (unpaired) electrons. The van der Waals surface area contributed by atoms with E-state index in [4.69, 9.17) is 4.74 Å². The van der Waals surface area contributed by atoms with Crippen LogP contribution in [0.2, 0.25) is 0 Å². The first-order valence-corrected chi connectivity index (χ1v) is 13.4. The molecule has 196 valence electrons. The van der Waals surface area contributed by atoms with Crippen molar-refractivity contribution in [1.29, 1.82) is 0 Å². The smallest absolute Gasteiger partial charge is 0.226 e. The molecule has 4 aromatic heterocycles. The number of nitrogens with zero attached hydrogens (tertiary/aromatic N) is 6. The summed E-state index contributed by atoms with van der Waals surface area (Å²) in [7, 11) is 5.69. The van der Waals surface area contributed by atoms with Crippen LogP contribution in [0, 0.1) is 5.92 Å². The van der Waals surface area contributed by atoms with Gasteiger partial charge in [0.15, 0.2) is 5.75 Å². The molecule has 0 unspecified atom stereocenters. The summed E-state index contributed by atoms with van der Waals surface area (Å²) in [6.07, 6.45) is 8.30. The monoisotopic (exact) mass is 523 g/mol. The minimum Gasteiger partial charge on any atom is -0.493 e. The third-order valence-corrected chi connectivity index (χ3v) is 8.04. The molecule has 1 aliphatic rings. The number of carbonyl (C=O) groups excluding carboxylic acids is 1. The predicted molar refractivity (Wildman–Crippen MR) is 145 cm³/mol. The third-order valence-electron chi connectivity index (χ3n) is 6.88. The van der Waals surface area contributed by atoms with E-state index in [-0.39, 0.29) is 18.4 Å². The van der Waals surface area contributed by atoms with E-state index in [1.54, 1.807) is 35.5 Å². The van der Waals surface area contributed by atoms with Gasteiger partial charge in [-0.2, -0.15) is 5.10 Å². The van der Waals surface area contributed by atoms with Gasteiger partial charge in [0, 0.05) is 30.1 Å². The highest BCUT2D eigenvalue weighted by Gasteiger charge is 2.31. The van der Waals surface area contributed by atoms with Gasteiger partial charge in [0.25, 0.3) is 0 Å². The summed E-state index contributed by atoms with van der Waals surface area (Å²) in [6.45, 7) is 1.93. The Morgan fingerprint density at radius 1 is 1.30 bits per heavy atom. The number of anilines is 2. The van der Waals surface area contributed by atoms with Crippen LogP contribution in [0.1, 0.15) is 23.3 Å². The average molecular weight is 524 g/mol. The largest absolute Gasteiger partial charge is 0.493 e. The summed E-state index contributed by atoms with van der Waals surface area (Å²) in [5.41, 5.74) is 2.97. The first-order chi connectivity index (χ1) is 18.0. The van der Waals surface area contributed by atoms with Crippen LogP contribution in [-0.2, 0) is 17.6 Å². The molecule has 4 heterocycles. The number of rotatable bonds is 10. The number of aryl methyl sites for hydroxylation is 1. The molecular weight excluding hydrogens is 490 g/mol. The van der Waals surface area contributed by atoms with Gasteiger partial charge in [0.2, 0.25) is 5.91 Å². The Bertz CT molecular complexity index is 1400. The first kappa shape index (κ1) is 25.4. The van der Waals surface area contributed by atoms with Crippen molar-refractivity contribution in [1.82, 2.24) is 29.4 Å². The van der Waals surface area contributed by atoms with E-state index in [1.807, 2.05) is 37.3 Å². The SMILES string of the molecule is COc1cn2nccc2cc1Nc1ncnc2sc3c(c12)CC[C@H](C(=O)N(CCO)CCCN(C)C)C3. The Morgan fingerprint density at radius 3 is 2.95 bits per heavy atom. The Morgan fingerprint density at radius 2 is 2.16 bits per heavy atom. The standard InChI is InChI=1S/C26H33N7O3S/c1-31(2)9-4-10-32(11-12-34)26(35)17-5-6-19-22(13-17)37-25-23(19)24(27-16-28-25)30-20-14-18-7-8-29-33(18)15-21(20)36-3/h7-8,14-17,34H,4-6,9-13H2,1-3H3,(H,27,28,30)/t17-/m0/s1. The lowest BCUT2D eigenvalue weighted by Gasteiger charge is -2.29. The van der Waals surface area contributed by atoms with E-state index in [9.17, 15) is 9.90 Å². The van der Waals surface area contributed by atoms with Crippen LogP contribution in [-0.4, -0.2) is 87.8 Å². The van der Waals surface area contributed by atoms with E-state index in [0.29, 0.717) is 25.3 Å². The highest BCUT2D eigenvalue weighted by molar-refractivity contribution is 7.19. The second-order valence-electron chi connectivity index (χ2n) is 9.63. The quantitative estimate of drug-likeness (QED) is 0.327. The number of methoxy groups -OCH3 is 1. The van der Waals surface area contributed by atoms with Crippen molar-refractivity contribution in [2.24, 2.45) is 5.92 Å². The van der Waals surface area contributed by atoms with Crippen molar-refractivity contribution in [2.75, 3.05) is 52.8 Å². The summed E-state index contributed by atoms with van der Waals surface area (Å²) < 4.78 is 7.37. The molecular formula is C26H33N7O3S. The normalized spacial score (nSPS) is 15.3. The van der Waals surface area contributed by atoms with Crippen molar-refractivity contribution in [2.45, 2.75) is 25.7 Å². The maximum absolute atomic E-state index is 13.4. The van der Waals surface area contributed by atoms with Crippen molar-refractivity contribution in [3.05, 3.63) is 41.3 Å². The Balaban J connectivity index is 1.39. The van der Waals surface area contributed by atoms with Crippen LogP contribution in [0.3, 0.4) is 0 Å². The van der Waals surface area contributed by atoms with Gasteiger partial charge in [-0.1, -0.05) is 0 Å². The zero-order chi connectivity index (χ0) is 25.9.